The molecule has 0 unspecified atom stereocenters. The standard InChI is InChI=1S/C22H23BFNO3S/c1-13-15(23-27-21(2,3)22(4,5)28-23)10-11-16(24)19(13)25-20(26)18-12-14-8-6-7-9-17(14)29-18/h6-12H,1-5H3,(H,25,26). The fourth-order valence-electron chi connectivity index (χ4n) is 3.34. The van der Waals surface area contributed by atoms with Crippen LogP contribution in [-0.4, -0.2) is 24.2 Å². The maximum atomic E-state index is 14.6. The van der Waals surface area contributed by atoms with Crippen molar-refractivity contribution in [3.63, 3.8) is 0 Å². The third kappa shape index (κ3) is 3.48. The molecule has 1 saturated heterocycles. The molecule has 150 valence electrons. The van der Waals surface area contributed by atoms with Crippen molar-refractivity contribution in [1.82, 2.24) is 0 Å². The van der Waals surface area contributed by atoms with Gasteiger partial charge in [0.2, 0.25) is 0 Å². The first-order valence-corrected chi connectivity index (χ1v) is 10.4. The summed E-state index contributed by atoms with van der Waals surface area (Å²) in [5.41, 5.74) is 0.451. The zero-order chi connectivity index (χ0) is 21.0. The van der Waals surface area contributed by atoms with Gasteiger partial charge in [-0.25, -0.2) is 4.39 Å². The lowest BCUT2D eigenvalue weighted by Gasteiger charge is -2.32. The highest BCUT2D eigenvalue weighted by Gasteiger charge is 2.52. The van der Waals surface area contributed by atoms with Crippen molar-refractivity contribution < 1.29 is 18.5 Å². The SMILES string of the molecule is Cc1c(B2OC(C)(C)C(C)(C)O2)ccc(F)c1NC(=O)c1cc2ccccc2s1. The van der Waals surface area contributed by atoms with E-state index in [0.29, 0.717) is 15.9 Å². The molecule has 7 heteroatoms. The molecule has 1 amide bonds. The number of nitrogens with one attached hydrogen (secondary N) is 1. The summed E-state index contributed by atoms with van der Waals surface area (Å²) in [4.78, 5) is 13.3. The molecule has 0 bridgehead atoms. The molecule has 4 nitrogen and oxygen atoms in total. The summed E-state index contributed by atoms with van der Waals surface area (Å²) < 4.78 is 27.8. The van der Waals surface area contributed by atoms with E-state index < -0.39 is 24.1 Å². The summed E-state index contributed by atoms with van der Waals surface area (Å²) in [7, 11) is -0.624. The van der Waals surface area contributed by atoms with Gasteiger partial charge in [-0.05, 0) is 69.2 Å². The number of hydrogen-bond donors (Lipinski definition) is 1. The van der Waals surface area contributed by atoms with Crippen LogP contribution in [0, 0.1) is 12.7 Å². The van der Waals surface area contributed by atoms with Gasteiger partial charge in [-0.2, -0.15) is 0 Å². The van der Waals surface area contributed by atoms with Gasteiger partial charge in [0.15, 0.2) is 0 Å². The lowest BCUT2D eigenvalue weighted by Crippen LogP contribution is -2.41. The molecule has 29 heavy (non-hydrogen) atoms. The monoisotopic (exact) mass is 411 g/mol. The summed E-state index contributed by atoms with van der Waals surface area (Å²) in [6, 6.07) is 12.6. The minimum absolute atomic E-state index is 0.152. The van der Waals surface area contributed by atoms with Gasteiger partial charge in [0.05, 0.1) is 21.8 Å². The van der Waals surface area contributed by atoms with E-state index in [-0.39, 0.29) is 11.6 Å². The molecule has 1 aliphatic heterocycles. The smallest absolute Gasteiger partial charge is 0.399 e. The summed E-state index contributed by atoms with van der Waals surface area (Å²) in [5.74, 6) is -0.823. The number of benzene rings is 2. The zero-order valence-electron chi connectivity index (χ0n) is 17.1. The fraction of sp³-hybridized carbons (Fsp3) is 0.318. The van der Waals surface area contributed by atoms with E-state index in [2.05, 4.69) is 5.32 Å². The highest BCUT2D eigenvalue weighted by molar-refractivity contribution is 7.20. The first-order valence-electron chi connectivity index (χ1n) is 9.54. The van der Waals surface area contributed by atoms with E-state index in [9.17, 15) is 9.18 Å². The van der Waals surface area contributed by atoms with Crippen molar-refractivity contribution in [3.8, 4) is 0 Å². The van der Waals surface area contributed by atoms with Gasteiger partial charge in [0.1, 0.15) is 5.82 Å². The van der Waals surface area contributed by atoms with E-state index in [1.807, 2.05) is 58.0 Å². The molecule has 4 rings (SSSR count). The molecule has 1 aliphatic rings. The van der Waals surface area contributed by atoms with Gasteiger partial charge in [0.25, 0.3) is 5.91 Å². The number of hydrogen-bond acceptors (Lipinski definition) is 4. The Labute approximate surface area is 174 Å². The van der Waals surface area contributed by atoms with Gasteiger partial charge >= 0.3 is 7.12 Å². The Kier molecular flexibility index (Phi) is 4.80. The summed E-state index contributed by atoms with van der Waals surface area (Å²) in [6.07, 6.45) is 0. The number of anilines is 1. The average Bonchev–Trinajstić information content (AvgIpc) is 3.16. The largest absolute Gasteiger partial charge is 0.495 e. The molecule has 3 aromatic rings. The lowest BCUT2D eigenvalue weighted by atomic mass is 9.75. The van der Waals surface area contributed by atoms with Crippen molar-refractivity contribution in [2.75, 3.05) is 5.32 Å². The van der Waals surface area contributed by atoms with Crippen LogP contribution in [0.1, 0.15) is 42.9 Å². The Bertz CT molecular complexity index is 1060. The predicted octanol–water partition coefficient (Wildman–Crippen LogP) is 4.90. The Balaban J connectivity index is 1.64. The molecule has 2 aromatic carbocycles. The van der Waals surface area contributed by atoms with E-state index in [1.54, 1.807) is 13.0 Å². The summed E-state index contributed by atoms with van der Waals surface area (Å²) in [5, 5.41) is 3.74. The second-order valence-corrected chi connectivity index (χ2v) is 9.41. The fourth-order valence-corrected chi connectivity index (χ4v) is 4.30. The second kappa shape index (κ2) is 6.94. The van der Waals surface area contributed by atoms with Crippen LogP contribution < -0.4 is 10.8 Å². The number of amides is 1. The number of fused-ring (bicyclic) bond motifs is 1. The molecule has 0 saturated carbocycles. The van der Waals surface area contributed by atoms with E-state index in [0.717, 1.165) is 10.1 Å². The van der Waals surface area contributed by atoms with Crippen LogP contribution in [0.15, 0.2) is 42.5 Å². The number of thiophene rings is 1. The number of carbonyl (C=O) groups excluding carboxylic acids is 1. The van der Waals surface area contributed by atoms with Crippen LogP contribution in [0.25, 0.3) is 10.1 Å². The number of carbonyl (C=O) groups is 1. The Hall–Kier alpha value is -2.22. The van der Waals surface area contributed by atoms with Gasteiger partial charge in [-0.1, -0.05) is 24.3 Å². The molecule has 0 aliphatic carbocycles. The third-order valence-electron chi connectivity index (χ3n) is 5.85. The minimum Gasteiger partial charge on any atom is -0.399 e. The molecule has 2 heterocycles. The zero-order valence-corrected chi connectivity index (χ0v) is 17.9. The molecule has 1 aromatic heterocycles. The van der Waals surface area contributed by atoms with Crippen LogP contribution in [0.4, 0.5) is 10.1 Å². The molecular formula is C22H23BFNO3S. The Morgan fingerprint density at radius 3 is 2.38 bits per heavy atom. The average molecular weight is 411 g/mol. The Morgan fingerprint density at radius 1 is 1.07 bits per heavy atom. The van der Waals surface area contributed by atoms with Crippen LogP contribution >= 0.6 is 11.3 Å². The number of rotatable bonds is 3. The van der Waals surface area contributed by atoms with Crippen molar-refractivity contribution >= 4 is 45.6 Å². The maximum absolute atomic E-state index is 14.6. The van der Waals surface area contributed by atoms with Crippen molar-refractivity contribution in [2.24, 2.45) is 0 Å². The van der Waals surface area contributed by atoms with Gasteiger partial charge < -0.3 is 14.6 Å². The summed E-state index contributed by atoms with van der Waals surface area (Å²) >= 11 is 1.38. The quantitative estimate of drug-likeness (QED) is 0.624. The van der Waals surface area contributed by atoms with Gasteiger partial charge in [-0.15, -0.1) is 11.3 Å². The maximum Gasteiger partial charge on any atom is 0.495 e. The highest BCUT2D eigenvalue weighted by atomic mass is 32.1. The molecule has 0 spiro atoms. The topological polar surface area (TPSA) is 47.6 Å². The first-order chi connectivity index (χ1) is 13.6. The second-order valence-electron chi connectivity index (χ2n) is 8.33. The van der Waals surface area contributed by atoms with E-state index in [4.69, 9.17) is 9.31 Å². The molecule has 1 N–H and O–H groups in total. The van der Waals surface area contributed by atoms with Crippen molar-refractivity contribution in [3.05, 3.63) is 58.7 Å². The van der Waals surface area contributed by atoms with Gasteiger partial charge in [0, 0.05) is 4.70 Å². The lowest BCUT2D eigenvalue weighted by molar-refractivity contribution is 0.00578. The van der Waals surface area contributed by atoms with E-state index >= 15 is 0 Å². The van der Waals surface area contributed by atoms with Crippen LogP contribution in [-0.2, 0) is 9.31 Å². The normalized spacial score (nSPS) is 17.7. The highest BCUT2D eigenvalue weighted by Crippen LogP contribution is 2.37. The third-order valence-corrected chi connectivity index (χ3v) is 6.97. The molecule has 1 fully saturated rings. The minimum atomic E-state index is -0.624. The van der Waals surface area contributed by atoms with Crippen molar-refractivity contribution in [1.29, 1.82) is 0 Å². The van der Waals surface area contributed by atoms with Crippen LogP contribution in [0.3, 0.4) is 0 Å². The predicted molar refractivity (Wildman–Crippen MR) is 117 cm³/mol. The van der Waals surface area contributed by atoms with Crippen LogP contribution in [0.5, 0.6) is 0 Å². The molecule has 0 atom stereocenters. The van der Waals surface area contributed by atoms with Crippen LogP contribution in [0.2, 0.25) is 0 Å². The number of halogens is 1. The molecule has 0 radical (unpaired) electrons. The van der Waals surface area contributed by atoms with E-state index in [1.165, 1.54) is 17.4 Å². The first kappa shape index (κ1) is 20.1. The molecular weight excluding hydrogens is 388 g/mol. The Morgan fingerprint density at radius 2 is 1.72 bits per heavy atom. The van der Waals surface area contributed by atoms with Crippen molar-refractivity contribution in [2.45, 2.75) is 45.8 Å². The van der Waals surface area contributed by atoms with Gasteiger partial charge in [-0.3, -0.25) is 4.79 Å². The summed E-state index contributed by atoms with van der Waals surface area (Å²) in [6.45, 7) is 9.64.